The van der Waals surface area contributed by atoms with Gasteiger partial charge >= 0.3 is 5.97 Å². The number of esters is 1. The molecule has 12 heteroatoms. The van der Waals surface area contributed by atoms with E-state index in [-0.39, 0.29) is 40.5 Å². The van der Waals surface area contributed by atoms with Gasteiger partial charge in [-0.25, -0.2) is 13.2 Å². The summed E-state index contributed by atoms with van der Waals surface area (Å²) >= 11 is 0. The summed E-state index contributed by atoms with van der Waals surface area (Å²) in [5, 5.41) is 2.50. The summed E-state index contributed by atoms with van der Waals surface area (Å²) in [7, 11) is -0.892. The van der Waals surface area contributed by atoms with Crippen LogP contribution >= 0.6 is 0 Å². The van der Waals surface area contributed by atoms with Crippen LogP contribution in [-0.4, -0.2) is 72.6 Å². The number of carbonyl (C=O) groups excluding carboxylic acids is 4. The Hall–Kier alpha value is -3.51. The minimum atomic E-state index is -3.76. The Morgan fingerprint density at radius 1 is 1.03 bits per heavy atom. The highest BCUT2D eigenvalue weighted by molar-refractivity contribution is 7.89. The summed E-state index contributed by atoms with van der Waals surface area (Å²) in [6.07, 6.45) is 1.31. The van der Waals surface area contributed by atoms with E-state index in [2.05, 4.69) is 5.32 Å². The van der Waals surface area contributed by atoms with E-state index in [0.717, 1.165) is 4.90 Å². The van der Waals surface area contributed by atoms with Crippen molar-refractivity contribution < 1.29 is 32.3 Å². The number of sulfonamides is 1. The van der Waals surface area contributed by atoms with Crippen LogP contribution in [-0.2, 0) is 26.6 Å². The van der Waals surface area contributed by atoms with Crippen molar-refractivity contribution in [2.24, 2.45) is 7.05 Å². The molecule has 1 aliphatic rings. The fourth-order valence-corrected chi connectivity index (χ4v) is 4.96. The largest absolute Gasteiger partial charge is 0.451 e. The first kappa shape index (κ1) is 24.1. The van der Waals surface area contributed by atoms with Crippen LogP contribution in [0, 0.1) is 0 Å². The van der Waals surface area contributed by atoms with Crippen molar-refractivity contribution >= 4 is 39.4 Å². The molecule has 0 saturated heterocycles. The van der Waals surface area contributed by atoms with Crippen molar-refractivity contribution in [3.63, 3.8) is 0 Å². The molecule has 0 fully saturated rings. The monoisotopic (exact) mass is 476 g/mol. The molecule has 0 radical (unpaired) electrons. The average Bonchev–Trinajstić information content (AvgIpc) is 3.27. The lowest BCUT2D eigenvalue weighted by Gasteiger charge is -2.17. The highest BCUT2D eigenvalue weighted by Crippen LogP contribution is 2.25. The normalized spacial score (nSPS) is 13.4. The first-order valence-corrected chi connectivity index (χ1v) is 11.5. The smallest absolute Gasteiger partial charge is 0.355 e. The lowest BCUT2D eigenvalue weighted by molar-refractivity contribution is -0.119. The van der Waals surface area contributed by atoms with Gasteiger partial charge < -0.3 is 14.6 Å². The van der Waals surface area contributed by atoms with E-state index < -0.39 is 40.3 Å². The van der Waals surface area contributed by atoms with Crippen LogP contribution in [0.15, 0.2) is 35.4 Å². The lowest BCUT2D eigenvalue weighted by atomic mass is 10.1. The van der Waals surface area contributed by atoms with Gasteiger partial charge in [0.25, 0.3) is 17.7 Å². The third-order valence-electron chi connectivity index (χ3n) is 5.24. The third-order valence-corrected chi connectivity index (χ3v) is 7.26. The number of amides is 3. The molecule has 0 aliphatic carbocycles. The van der Waals surface area contributed by atoms with Crippen LogP contribution in [0.5, 0.6) is 0 Å². The maximum atomic E-state index is 12.6. The zero-order valence-corrected chi connectivity index (χ0v) is 19.4. The van der Waals surface area contributed by atoms with Crippen molar-refractivity contribution in [1.82, 2.24) is 13.8 Å². The highest BCUT2D eigenvalue weighted by atomic mass is 32.2. The Morgan fingerprint density at radius 2 is 1.67 bits per heavy atom. The summed E-state index contributed by atoms with van der Waals surface area (Å²) in [6.45, 7) is 3.36. The molecule has 0 atom stereocenters. The van der Waals surface area contributed by atoms with Gasteiger partial charge in [-0.05, 0) is 24.3 Å². The van der Waals surface area contributed by atoms with Gasteiger partial charge in [0.15, 0.2) is 6.61 Å². The lowest BCUT2D eigenvalue weighted by Crippen LogP contribution is -2.30. The van der Waals surface area contributed by atoms with Gasteiger partial charge in [-0.1, -0.05) is 13.8 Å². The molecule has 0 spiro atoms. The van der Waals surface area contributed by atoms with Gasteiger partial charge in [0, 0.05) is 39.1 Å². The topological polar surface area (TPSA) is 135 Å². The summed E-state index contributed by atoms with van der Waals surface area (Å²) < 4.78 is 32.9. The molecule has 33 heavy (non-hydrogen) atoms. The van der Waals surface area contributed by atoms with Gasteiger partial charge in [-0.3, -0.25) is 19.3 Å². The van der Waals surface area contributed by atoms with Crippen LogP contribution in [0.25, 0.3) is 0 Å². The number of aryl methyl sites for hydroxylation is 1. The van der Waals surface area contributed by atoms with Gasteiger partial charge in [0.2, 0.25) is 10.0 Å². The average molecular weight is 477 g/mol. The Bertz CT molecular complexity index is 1250. The van der Waals surface area contributed by atoms with E-state index in [1.807, 2.05) is 0 Å². The summed E-state index contributed by atoms with van der Waals surface area (Å²) in [5.41, 5.74) is 0.644. The third kappa shape index (κ3) is 4.52. The number of fused-ring (bicyclic) bond motifs is 1. The first-order chi connectivity index (χ1) is 15.5. The van der Waals surface area contributed by atoms with Crippen LogP contribution in [0.2, 0.25) is 0 Å². The molecule has 1 N–H and O–H groups in total. The molecule has 3 rings (SSSR count). The van der Waals surface area contributed by atoms with Crippen molar-refractivity contribution in [3.8, 4) is 0 Å². The summed E-state index contributed by atoms with van der Waals surface area (Å²) in [6, 6.07) is 5.47. The van der Waals surface area contributed by atoms with Crippen molar-refractivity contribution in [3.05, 3.63) is 47.3 Å². The van der Waals surface area contributed by atoms with Gasteiger partial charge in [0.05, 0.1) is 11.1 Å². The number of nitrogens with zero attached hydrogens (tertiary/aromatic N) is 3. The SMILES string of the molecule is CCN(CC)S(=O)(=O)c1cc(C(=O)OCC(=O)Nc2ccc3c(c2)C(=O)N(C)C3=O)n(C)c1. The minimum Gasteiger partial charge on any atom is -0.451 e. The van der Waals surface area contributed by atoms with E-state index in [0.29, 0.717) is 0 Å². The molecule has 3 amide bonds. The second-order valence-corrected chi connectivity index (χ2v) is 9.25. The molecule has 0 saturated carbocycles. The van der Waals surface area contributed by atoms with E-state index in [1.54, 1.807) is 13.8 Å². The Labute approximate surface area is 191 Å². The fraction of sp³-hybridized carbons (Fsp3) is 0.333. The quantitative estimate of drug-likeness (QED) is 0.445. The molecular weight excluding hydrogens is 452 g/mol. The Morgan fingerprint density at radius 3 is 2.30 bits per heavy atom. The van der Waals surface area contributed by atoms with Gasteiger partial charge in [-0.15, -0.1) is 0 Å². The van der Waals surface area contributed by atoms with E-state index >= 15 is 0 Å². The molecule has 11 nitrogen and oxygen atoms in total. The number of nitrogens with one attached hydrogen (secondary N) is 1. The highest BCUT2D eigenvalue weighted by Gasteiger charge is 2.33. The molecular formula is C21H24N4O7S. The number of benzene rings is 1. The number of hydrogen-bond donors (Lipinski definition) is 1. The van der Waals surface area contributed by atoms with Crippen molar-refractivity contribution in [2.45, 2.75) is 18.7 Å². The number of carbonyl (C=O) groups is 4. The molecule has 176 valence electrons. The van der Waals surface area contributed by atoms with Crippen LogP contribution in [0.4, 0.5) is 5.69 Å². The summed E-state index contributed by atoms with van der Waals surface area (Å²) in [5.74, 6) is -2.44. The molecule has 2 aromatic rings. The van der Waals surface area contributed by atoms with E-state index in [4.69, 9.17) is 4.74 Å². The van der Waals surface area contributed by atoms with Crippen LogP contribution < -0.4 is 5.32 Å². The molecule has 0 unspecified atom stereocenters. The number of anilines is 1. The molecule has 1 aliphatic heterocycles. The molecule has 1 aromatic heterocycles. The standard InChI is InChI=1S/C21H24N4O7S/c1-5-25(6-2)33(30,31)14-10-17(23(3)11-14)21(29)32-12-18(26)22-13-7-8-15-16(9-13)20(28)24(4)19(15)27/h7-11H,5-6,12H2,1-4H3,(H,22,26). The van der Waals surface area contributed by atoms with Crippen LogP contribution in [0.1, 0.15) is 45.1 Å². The zero-order valence-electron chi connectivity index (χ0n) is 18.6. The van der Waals surface area contributed by atoms with Crippen molar-refractivity contribution in [2.75, 3.05) is 32.1 Å². The number of imide groups is 1. The van der Waals surface area contributed by atoms with Crippen molar-refractivity contribution in [1.29, 1.82) is 0 Å². The second kappa shape index (κ2) is 9.16. The Kier molecular flexibility index (Phi) is 6.70. The van der Waals surface area contributed by atoms with E-state index in [1.165, 1.54) is 53.4 Å². The number of aromatic nitrogens is 1. The number of rotatable bonds is 8. The maximum Gasteiger partial charge on any atom is 0.355 e. The Balaban J connectivity index is 1.65. The van der Waals surface area contributed by atoms with E-state index in [9.17, 15) is 27.6 Å². The van der Waals surface area contributed by atoms with Gasteiger partial charge in [-0.2, -0.15) is 4.31 Å². The molecule has 1 aromatic carbocycles. The van der Waals surface area contributed by atoms with Crippen LogP contribution in [0.3, 0.4) is 0 Å². The maximum absolute atomic E-state index is 12.6. The van der Waals surface area contributed by atoms with Gasteiger partial charge in [0.1, 0.15) is 10.6 Å². The second-order valence-electron chi connectivity index (χ2n) is 7.32. The molecule has 2 heterocycles. The summed E-state index contributed by atoms with van der Waals surface area (Å²) in [4.78, 5) is 49.6. The predicted octanol–water partition coefficient (Wildman–Crippen LogP) is 1.08. The predicted molar refractivity (Wildman–Crippen MR) is 117 cm³/mol. The minimum absolute atomic E-state index is 0.0294. The number of ether oxygens (including phenoxy) is 1. The zero-order chi connectivity index (χ0) is 24.5. The molecule has 0 bridgehead atoms. The number of hydrogen-bond acceptors (Lipinski definition) is 7. The first-order valence-electron chi connectivity index (χ1n) is 10.1. The fourth-order valence-electron chi connectivity index (χ4n) is 3.43.